The van der Waals surface area contributed by atoms with Crippen LogP contribution in [-0.4, -0.2) is 36.4 Å². The molecule has 3 rings (SSSR count). The summed E-state index contributed by atoms with van der Waals surface area (Å²) in [5.41, 5.74) is 2.59. The number of aryl methyl sites for hydroxylation is 2. The van der Waals surface area contributed by atoms with E-state index in [1.165, 1.54) is 12.2 Å². The molecule has 0 unspecified atom stereocenters. The highest BCUT2D eigenvalue weighted by atomic mass is 35.5. The predicted octanol–water partition coefficient (Wildman–Crippen LogP) is 4.09. The molecule has 0 radical (unpaired) electrons. The molecule has 1 fully saturated rings. The largest absolute Gasteiger partial charge is 0.427 e. The third-order valence-corrected chi connectivity index (χ3v) is 5.81. The number of hydrogen-bond donors (Lipinski definition) is 0. The molecule has 1 heterocycles. The van der Waals surface area contributed by atoms with E-state index in [4.69, 9.17) is 25.9 Å². The van der Waals surface area contributed by atoms with Gasteiger partial charge >= 0.3 is 5.97 Å². The van der Waals surface area contributed by atoms with Crippen molar-refractivity contribution in [3.05, 3.63) is 39.1 Å². The Labute approximate surface area is 170 Å². The Morgan fingerprint density at radius 1 is 1.25 bits per heavy atom. The summed E-state index contributed by atoms with van der Waals surface area (Å²) in [6.07, 6.45) is 1.63. The van der Waals surface area contributed by atoms with Crippen LogP contribution in [0.3, 0.4) is 0 Å². The van der Waals surface area contributed by atoms with Gasteiger partial charge in [-0.3, -0.25) is 9.59 Å². The van der Waals surface area contributed by atoms with Gasteiger partial charge in [-0.15, -0.1) is 0 Å². The number of hydroxylamine groups is 2. The monoisotopic (exact) mass is 407 g/mol. The van der Waals surface area contributed by atoms with E-state index in [9.17, 15) is 9.59 Å². The summed E-state index contributed by atoms with van der Waals surface area (Å²) in [6.45, 7) is 9.16. The molecule has 0 spiro atoms. The van der Waals surface area contributed by atoms with Gasteiger partial charge in [0.1, 0.15) is 11.3 Å². The summed E-state index contributed by atoms with van der Waals surface area (Å²) in [5, 5.41) is 1.80. The Morgan fingerprint density at radius 3 is 2.46 bits per heavy atom. The molecule has 1 aromatic carbocycles. The van der Waals surface area contributed by atoms with Crippen LogP contribution in [0.2, 0.25) is 5.02 Å². The SMILES string of the molecule is COCON1C(=O)C(c2c(C)cc(C)c(Cl)c2C)=C(OC(=O)C2CC2)C1(C)C. The van der Waals surface area contributed by atoms with Crippen molar-refractivity contribution in [2.75, 3.05) is 13.9 Å². The number of amides is 1. The number of hydrogen-bond acceptors (Lipinski definition) is 5. The van der Waals surface area contributed by atoms with Crippen LogP contribution < -0.4 is 0 Å². The zero-order valence-corrected chi connectivity index (χ0v) is 17.9. The van der Waals surface area contributed by atoms with Crippen molar-refractivity contribution < 1.29 is 23.9 Å². The Bertz CT molecular complexity index is 870. The molecular formula is C21H26ClNO5. The Kier molecular flexibility index (Phi) is 5.58. The number of carbonyl (C=O) groups excluding carboxylic acids is 2. The van der Waals surface area contributed by atoms with Crippen LogP contribution in [0.4, 0.5) is 0 Å². The molecule has 152 valence electrons. The second kappa shape index (κ2) is 7.50. The zero-order chi connectivity index (χ0) is 20.8. The molecule has 1 aliphatic carbocycles. The number of nitrogens with zero attached hydrogens (tertiary/aromatic N) is 1. The number of rotatable bonds is 6. The van der Waals surface area contributed by atoms with Crippen molar-refractivity contribution >= 4 is 29.1 Å². The van der Waals surface area contributed by atoms with E-state index in [1.54, 1.807) is 13.8 Å². The van der Waals surface area contributed by atoms with Gasteiger partial charge in [0.05, 0.1) is 11.5 Å². The van der Waals surface area contributed by atoms with Crippen molar-refractivity contribution in [2.24, 2.45) is 5.92 Å². The third-order valence-electron chi connectivity index (χ3n) is 5.23. The first-order valence-corrected chi connectivity index (χ1v) is 9.68. The molecule has 1 amide bonds. The molecule has 1 aromatic rings. The van der Waals surface area contributed by atoms with Crippen LogP contribution in [0.1, 0.15) is 48.9 Å². The van der Waals surface area contributed by atoms with Crippen molar-refractivity contribution in [1.82, 2.24) is 5.06 Å². The second-order valence-electron chi connectivity index (χ2n) is 7.92. The average molecular weight is 408 g/mol. The number of benzene rings is 1. The van der Waals surface area contributed by atoms with E-state index in [2.05, 4.69) is 0 Å². The number of methoxy groups -OCH3 is 1. The molecule has 1 aliphatic heterocycles. The molecule has 1 saturated carbocycles. The minimum absolute atomic E-state index is 0.0983. The molecule has 0 atom stereocenters. The third kappa shape index (κ3) is 3.45. The molecule has 7 heteroatoms. The highest BCUT2D eigenvalue weighted by molar-refractivity contribution is 6.33. The molecule has 0 N–H and O–H groups in total. The standard InChI is InChI=1S/C21H26ClNO5/c1-11-9-12(2)17(22)13(3)15(11)16-18(28-20(25)14-7-8-14)21(4,5)23(19(16)24)27-10-26-6/h9,14H,7-8,10H2,1-6H3. The second-order valence-corrected chi connectivity index (χ2v) is 8.30. The molecule has 6 nitrogen and oxygen atoms in total. The molecule has 0 saturated heterocycles. The van der Waals surface area contributed by atoms with Crippen LogP contribution in [0.5, 0.6) is 0 Å². The Balaban J connectivity index is 2.18. The minimum Gasteiger partial charge on any atom is -0.427 e. The van der Waals surface area contributed by atoms with Crippen molar-refractivity contribution in [3.63, 3.8) is 0 Å². The quantitative estimate of drug-likeness (QED) is 0.525. The van der Waals surface area contributed by atoms with Crippen molar-refractivity contribution in [1.29, 1.82) is 0 Å². The number of ether oxygens (including phenoxy) is 2. The number of esters is 1. The molecule has 0 bridgehead atoms. The van der Waals surface area contributed by atoms with Crippen LogP contribution >= 0.6 is 11.6 Å². The summed E-state index contributed by atoms with van der Waals surface area (Å²) in [5.74, 6) is -0.503. The van der Waals surface area contributed by atoms with Gasteiger partial charge in [-0.1, -0.05) is 17.7 Å². The van der Waals surface area contributed by atoms with Gasteiger partial charge in [0.2, 0.25) is 0 Å². The van der Waals surface area contributed by atoms with Crippen LogP contribution in [0.25, 0.3) is 5.57 Å². The van der Waals surface area contributed by atoms with Crippen molar-refractivity contribution in [3.8, 4) is 0 Å². The van der Waals surface area contributed by atoms with Gasteiger partial charge in [-0.05, 0) is 69.7 Å². The lowest BCUT2D eigenvalue weighted by Crippen LogP contribution is -2.44. The van der Waals surface area contributed by atoms with Gasteiger partial charge in [0.25, 0.3) is 5.91 Å². The topological polar surface area (TPSA) is 65.1 Å². The van der Waals surface area contributed by atoms with Crippen LogP contribution in [0.15, 0.2) is 11.8 Å². The molecule has 2 aliphatic rings. The van der Waals surface area contributed by atoms with Crippen LogP contribution in [-0.2, 0) is 23.9 Å². The van der Waals surface area contributed by atoms with Gasteiger partial charge in [-0.25, -0.2) is 9.90 Å². The fourth-order valence-electron chi connectivity index (χ4n) is 3.62. The maximum absolute atomic E-state index is 13.4. The summed E-state index contributed by atoms with van der Waals surface area (Å²) in [6, 6.07) is 1.93. The smallest absolute Gasteiger partial charge is 0.314 e. The number of carbonyl (C=O) groups is 2. The van der Waals surface area contributed by atoms with Gasteiger partial charge in [0.15, 0.2) is 6.79 Å². The minimum atomic E-state index is -0.980. The molecule has 28 heavy (non-hydrogen) atoms. The van der Waals surface area contributed by atoms with Gasteiger partial charge in [0, 0.05) is 12.1 Å². The fraction of sp³-hybridized carbons (Fsp3) is 0.524. The van der Waals surface area contributed by atoms with Gasteiger partial charge < -0.3 is 9.47 Å². The Hall–Kier alpha value is -1.89. The maximum atomic E-state index is 13.4. The summed E-state index contributed by atoms with van der Waals surface area (Å²) < 4.78 is 10.8. The lowest BCUT2D eigenvalue weighted by Gasteiger charge is -2.31. The fourth-order valence-corrected chi connectivity index (χ4v) is 3.77. The summed E-state index contributed by atoms with van der Waals surface area (Å²) in [4.78, 5) is 31.4. The summed E-state index contributed by atoms with van der Waals surface area (Å²) >= 11 is 6.48. The Morgan fingerprint density at radius 2 is 1.89 bits per heavy atom. The number of halogens is 1. The predicted molar refractivity (Wildman–Crippen MR) is 105 cm³/mol. The maximum Gasteiger partial charge on any atom is 0.314 e. The van der Waals surface area contributed by atoms with E-state index in [1.807, 2.05) is 26.8 Å². The average Bonchev–Trinajstić information content (AvgIpc) is 3.44. The zero-order valence-electron chi connectivity index (χ0n) is 17.1. The van der Waals surface area contributed by atoms with Gasteiger partial charge in [-0.2, -0.15) is 0 Å². The van der Waals surface area contributed by atoms with Crippen LogP contribution in [0, 0.1) is 26.7 Å². The first kappa shape index (κ1) is 20.8. The summed E-state index contributed by atoms with van der Waals surface area (Å²) in [7, 11) is 1.48. The lowest BCUT2D eigenvalue weighted by molar-refractivity contribution is -0.239. The highest BCUT2D eigenvalue weighted by Crippen LogP contribution is 2.45. The lowest BCUT2D eigenvalue weighted by atomic mass is 9.91. The normalized spacial score (nSPS) is 18.8. The van der Waals surface area contributed by atoms with E-state index in [0.29, 0.717) is 16.2 Å². The van der Waals surface area contributed by atoms with Crippen molar-refractivity contribution in [2.45, 2.75) is 53.0 Å². The molecule has 0 aromatic heterocycles. The molecular weight excluding hydrogens is 382 g/mol. The van der Waals surface area contributed by atoms with E-state index in [-0.39, 0.29) is 30.3 Å². The highest BCUT2D eigenvalue weighted by Gasteiger charge is 2.51. The first-order valence-electron chi connectivity index (χ1n) is 9.30. The first-order chi connectivity index (χ1) is 13.1. The van der Waals surface area contributed by atoms with E-state index in [0.717, 1.165) is 29.5 Å². The van der Waals surface area contributed by atoms with E-state index < -0.39 is 5.54 Å². The van der Waals surface area contributed by atoms with E-state index >= 15 is 0 Å².